The molecule has 1 heterocycles. The first-order valence-corrected chi connectivity index (χ1v) is 8.85. The van der Waals surface area contributed by atoms with Crippen LogP contribution in [-0.4, -0.2) is 38.3 Å². The molecule has 1 aromatic rings. The van der Waals surface area contributed by atoms with Crippen molar-refractivity contribution in [3.8, 4) is 5.75 Å². The number of ether oxygens (including phenoxy) is 2. The molecule has 126 valence electrons. The van der Waals surface area contributed by atoms with Crippen molar-refractivity contribution in [2.45, 2.75) is 50.5 Å². The minimum atomic E-state index is -0.407. The van der Waals surface area contributed by atoms with Gasteiger partial charge in [0.25, 0.3) is 0 Å². The molecule has 4 nitrogen and oxygen atoms in total. The van der Waals surface area contributed by atoms with E-state index in [1.807, 2.05) is 26.0 Å². The monoisotopic (exact) mass is 354 g/mol. The van der Waals surface area contributed by atoms with Crippen LogP contribution in [0.1, 0.15) is 33.3 Å². The second-order valence-electron chi connectivity index (χ2n) is 7.17. The Morgan fingerprint density at radius 1 is 1.17 bits per heavy atom. The van der Waals surface area contributed by atoms with Crippen molar-refractivity contribution in [2.75, 3.05) is 7.11 Å². The van der Waals surface area contributed by atoms with Crippen molar-refractivity contribution < 1.29 is 18.8 Å². The second-order valence-corrected chi connectivity index (χ2v) is 10.1. The molecule has 0 saturated carbocycles. The summed E-state index contributed by atoms with van der Waals surface area (Å²) >= 11 is 0. The Morgan fingerprint density at radius 3 is 2.22 bits per heavy atom. The summed E-state index contributed by atoms with van der Waals surface area (Å²) in [5, 5.41) is 0. The summed E-state index contributed by atoms with van der Waals surface area (Å²) in [6, 6.07) is 5.91. The van der Waals surface area contributed by atoms with Gasteiger partial charge in [0.05, 0.1) is 22.8 Å². The Hall–Kier alpha value is -0.110. The van der Waals surface area contributed by atoms with Crippen molar-refractivity contribution >= 4 is 38.9 Å². The Balaban J connectivity index is 2.32. The Morgan fingerprint density at radius 2 is 1.74 bits per heavy atom. The molecule has 2 atom stereocenters. The maximum atomic E-state index is 6.15. The average molecular weight is 354 g/mol. The first-order chi connectivity index (χ1) is 10.5. The van der Waals surface area contributed by atoms with Gasteiger partial charge in [-0.05, 0) is 50.9 Å². The highest BCUT2D eigenvalue weighted by Crippen LogP contribution is 2.37. The highest BCUT2D eigenvalue weighted by Gasteiger charge is 2.52. The van der Waals surface area contributed by atoms with Crippen LogP contribution in [0.2, 0.25) is 0 Å². The van der Waals surface area contributed by atoms with Crippen LogP contribution in [0.4, 0.5) is 0 Å². The molecule has 1 fully saturated rings. The molecule has 23 heavy (non-hydrogen) atoms. The number of hydrogen-bond donors (Lipinski definition) is 0. The van der Waals surface area contributed by atoms with E-state index >= 15 is 0 Å². The zero-order chi connectivity index (χ0) is 17.5. The Kier molecular flexibility index (Phi) is 5.56. The van der Waals surface area contributed by atoms with Crippen LogP contribution < -0.4 is 10.2 Å². The third kappa shape index (κ3) is 4.50. The number of hydrogen-bond acceptors (Lipinski definition) is 4. The molecule has 8 heteroatoms. The molecule has 0 spiro atoms. The van der Waals surface area contributed by atoms with E-state index in [2.05, 4.69) is 46.2 Å². The van der Waals surface area contributed by atoms with E-state index in [-0.39, 0.29) is 11.2 Å². The van der Waals surface area contributed by atoms with Crippen LogP contribution in [0.25, 0.3) is 0 Å². The van der Waals surface area contributed by atoms with Crippen molar-refractivity contribution in [3.63, 3.8) is 0 Å². The van der Waals surface area contributed by atoms with Crippen LogP contribution in [0, 0.1) is 0 Å². The average Bonchev–Trinajstić information content (AvgIpc) is 2.56. The fourth-order valence-corrected chi connectivity index (χ4v) is 2.65. The van der Waals surface area contributed by atoms with Gasteiger partial charge in [0.15, 0.2) is 7.85 Å². The van der Waals surface area contributed by atoms with E-state index in [0.29, 0.717) is 6.61 Å². The van der Waals surface area contributed by atoms with E-state index in [1.54, 1.807) is 7.11 Å². The summed E-state index contributed by atoms with van der Waals surface area (Å²) in [5.41, 5.74) is 1.25. The number of methoxy groups -OCH3 is 1. The molecule has 2 rings (SSSR count). The highest BCUT2D eigenvalue weighted by molar-refractivity contribution is 7.43. The molecule has 0 radical (unpaired) electrons. The minimum absolute atomic E-state index is 0.365. The van der Waals surface area contributed by atoms with Crippen molar-refractivity contribution in [1.82, 2.24) is 0 Å². The van der Waals surface area contributed by atoms with Crippen LogP contribution in [0.3, 0.4) is 0 Å². The zero-order valence-electron chi connectivity index (χ0n) is 14.8. The largest absolute Gasteiger partial charge is 0.495 e. The van der Waals surface area contributed by atoms with Gasteiger partial charge in [-0.2, -0.15) is 0 Å². The standard InChI is InChI=1S/C15H26B2O4P2/c1-13(2)14(3,4)21-17(20-13)12-7-6-11(19-15(16,22)23)8-10(12)9-18-5/h6-8H,9,16,22-23H2,1-5H3. The van der Waals surface area contributed by atoms with Crippen molar-refractivity contribution in [2.24, 2.45) is 0 Å². The van der Waals surface area contributed by atoms with Crippen molar-refractivity contribution in [3.05, 3.63) is 23.8 Å². The van der Waals surface area contributed by atoms with Gasteiger partial charge in [-0.25, -0.2) is 0 Å². The van der Waals surface area contributed by atoms with E-state index < -0.39 is 12.1 Å². The van der Waals surface area contributed by atoms with Crippen molar-refractivity contribution in [1.29, 1.82) is 0 Å². The smallest absolute Gasteiger partial charge is 0.489 e. The lowest BCUT2D eigenvalue weighted by atomic mass is 9.76. The topological polar surface area (TPSA) is 36.9 Å². The SMILES string of the molecule is BC(P)(P)Oc1ccc(B2OC(C)(C)C(C)(C)O2)c(COC)c1. The number of rotatable bonds is 5. The van der Waals surface area contributed by atoms with E-state index in [4.69, 9.17) is 18.8 Å². The molecule has 1 aliphatic rings. The van der Waals surface area contributed by atoms with Gasteiger partial charge >= 0.3 is 7.12 Å². The lowest BCUT2D eigenvalue weighted by molar-refractivity contribution is 0.00578. The van der Waals surface area contributed by atoms with Crippen LogP contribution in [0.15, 0.2) is 18.2 Å². The van der Waals surface area contributed by atoms with E-state index in [1.165, 1.54) is 0 Å². The summed E-state index contributed by atoms with van der Waals surface area (Å²) in [6.45, 7) is 8.67. The van der Waals surface area contributed by atoms with Crippen LogP contribution in [-0.2, 0) is 20.7 Å². The summed E-state index contributed by atoms with van der Waals surface area (Å²) in [7, 11) is 8.52. The fraction of sp³-hybridized carbons (Fsp3) is 0.600. The maximum Gasteiger partial charge on any atom is 0.495 e. The molecule has 1 aliphatic heterocycles. The summed E-state index contributed by atoms with van der Waals surface area (Å²) in [6.07, 6.45) is 0. The minimum Gasteiger partial charge on any atom is -0.489 e. The zero-order valence-corrected chi connectivity index (χ0v) is 17.1. The van der Waals surface area contributed by atoms with Gasteiger partial charge in [0.1, 0.15) is 5.75 Å². The molecule has 2 unspecified atom stereocenters. The summed E-state index contributed by atoms with van der Waals surface area (Å²) in [5.74, 6) is 0.782. The molecule has 0 aliphatic carbocycles. The molecule has 1 saturated heterocycles. The Bertz CT molecular complexity index is 557. The molecular formula is C15H26B2O4P2. The van der Waals surface area contributed by atoms with Gasteiger partial charge in [-0.1, -0.05) is 24.5 Å². The second kappa shape index (κ2) is 6.65. The number of benzene rings is 1. The van der Waals surface area contributed by atoms with Crippen LogP contribution in [0.5, 0.6) is 5.75 Å². The molecular weight excluding hydrogens is 328 g/mol. The van der Waals surface area contributed by atoms with E-state index in [9.17, 15) is 0 Å². The maximum absolute atomic E-state index is 6.15. The fourth-order valence-electron chi connectivity index (χ4n) is 2.38. The first-order valence-electron chi connectivity index (χ1n) is 7.69. The first kappa shape index (κ1) is 19.2. The van der Waals surface area contributed by atoms with Gasteiger partial charge in [-0.3, -0.25) is 0 Å². The van der Waals surface area contributed by atoms with Crippen LogP contribution >= 0.6 is 18.5 Å². The predicted octanol–water partition coefficient (Wildman–Crippen LogP) is 1.51. The molecule has 0 N–H and O–H groups in total. The van der Waals surface area contributed by atoms with Gasteiger partial charge in [-0.15, -0.1) is 0 Å². The summed E-state index contributed by atoms with van der Waals surface area (Å²) < 4.78 is 23.5. The summed E-state index contributed by atoms with van der Waals surface area (Å²) in [4.78, 5) is -0.407. The highest BCUT2D eigenvalue weighted by atomic mass is 31.1. The Labute approximate surface area is 145 Å². The quantitative estimate of drug-likeness (QED) is 0.594. The molecule has 0 amide bonds. The van der Waals surface area contributed by atoms with Gasteiger partial charge in [0, 0.05) is 7.11 Å². The van der Waals surface area contributed by atoms with Gasteiger partial charge in [0.2, 0.25) is 0 Å². The molecule has 0 aromatic heterocycles. The third-order valence-electron chi connectivity index (χ3n) is 4.26. The lowest BCUT2D eigenvalue weighted by Crippen LogP contribution is -2.41. The third-order valence-corrected chi connectivity index (χ3v) is 4.49. The predicted molar refractivity (Wildman–Crippen MR) is 104 cm³/mol. The lowest BCUT2D eigenvalue weighted by Gasteiger charge is -2.32. The normalized spacial score (nSPS) is 19.9. The van der Waals surface area contributed by atoms with E-state index in [0.717, 1.165) is 16.8 Å². The van der Waals surface area contributed by atoms with Gasteiger partial charge < -0.3 is 18.8 Å². The molecule has 1 aromatic carbocycles. The molecule has 0 bridgehead atoms.